The number of halogens is 1. The zero-order chi connectivity index (χ0) is 19.2. The predicted molar refractivity (Wildman–Crippen MR) is 122 cm³/mol. The average molecular weight is 499 g/mol. The van der Waals surface area contributed by atoms with Crippen LogP contribution in [0.15, 0.2) is 29.3 Å². The maximum absolute atomic E-state index is 12.6. The number of hydrogen-bond donors (Lipinski definition) is 2. The van der Waals surface area contributed by atoms with Crippen molar-refractivity contribution in [2.24, 2.45) is 4.99 Å². The molecule has 28 heavy (non-hydrogen) atoms. The van der Waals surface area contributed by atoms with Crippen LogP contribution in [0.2, 0.25) is 0 Å². The molecule has 0 aromatic heterocycles. The average Bonchev–Trinajstić information content (AvgIpc) is 3.32. The largest absolute Gasteiger partial charge is 0.357 e. The summed E-state index contributed by atoms with van der Waals surface area (Å²) in [6, 6.07) is 8.20. The number of carbonyl (C=O) groups excluding carboxylic acids is 2. The third-order valence-corrected chi connectivity index (χ3v) is 5.09. The van der Waals surface area contributed by atoms with Gasteiger partial charge in [-0.15, -0.1) is 24.0 Å². The first kappa shape index (κ1) is 22.4. The molecule has 2 aliphatic rings. The highest BCUT2D eigenvalue weighted by Gasteiger charge is 2.26. The lowest BCUT2D eigenvalue weighted by atomic mass is 10.2. The summed E-state index contributed by atoms with van der Waals surface area (Å²) < 4.78 is 0. The number of benzene rings is 1. The molecule has 1 unspecified atom stereocenters. The van der Waals surface area contributed by atoms with E-state index in [2.05, 4.69) is 21.7 Å². The van der Waals surface area contributed by atoms with Gasteiger partial charge in [-0.2, -0.15) is 0 Å². The highest BCUT2D eigenvalue weighted by molar-refractivity contribution is 14.0. The predicted octanol–water partition coefficient (Wildman–Crippen LogP) is 1.76. The fraction of sp³-hybridized carbons (Fsp3) is 0.550. The quantitative estimate of drug-likeness (QED) is 0.368. The van der Waals surface area contributed by atoms with Crippen LogP contribution in [0.25, 0.3) is 0 Å². The summed E-state index contributed by atoms with van der Waals surface area (Å²) in [4.78, 5) is 32.7. The highest BCUT2D eigenvalue weighted by Crippen LogP contribution is 2.27. The Balaban J connectivity index is 0.00000280. The van der Waals surface area contributed by atoms with Crippen molar-refractivity contribution in [3.05, 3.63) is 29.8 Å². The van der Waals surface area contributed by atoms with Crippen molar-refractivity contribution in [3.63, 3.8) is 0 Å². The summed E-state index contributed by atoms with van der Waals surface area (Å²) >= 11 is 0. The number of amides is 2. The molecular formula is C20H30IN5O2. The number of anilines is 1. The van der Waals surface area contributed by atoms with E-state index in [-0.39, 0.29) is 48.4 Å². The van der Waals surface area contributed by atoms with Crippen LogP contribution >= 0.6 is 24.0 Å². The van der Waals surface area contributed by atoms with E-state index in [1.165, 1.54) is 5.56 Å². The molecule has 0 spiro atoms. The lowest BCUT2D eigenvalue weighted by Crippen LogP contribution is -2.45. The molecule has 0 aliphatic carbocycles. The molecule has 3 rings (SSSR count). The van der Waals surface area contributed by atoms with Crippen molar-refractivity contribution >= 4 is 47.4 Å². The number of hydrogen-bond acceptors (Lipinski definition) is 3. The number of nitrogens with zero attached hydrogens (tertiary/aromatic N) is 3. The van der Waals surface area contributed by atoms with E-state index in [9.17, 15) is 9.59 Å². The van der Waals surface area contributed by atoms with Gasteiger partial charge in [0, 0.05) is 44.3 Å². The van der Waals surface area contributed by atoms with Crippen molar-refractivity contribution in [2.45, 2.75) is 39.2 Å². The van der Waals surface area contributed by atoms with Gasteiger partial charge in [-0.25, -0.2) is 4.99 Å². The first-order chi connectivity index (χ1) is 13.1. The van der Waals surface area contributed by atoms with Gasteiger partial charge >= 0.3 is 0 Å². The van der Waals surface area contributed by atoms with Gasteiger partial charge in [0.15, 0.2) is 5.96 Å². The molecule has 2 N–H and O–H groups in total. The second kappa shape index (κ2) is 10.6. The number of para-hydroxylation sites is 1. The van der Waals surface area contributed by atoms with Gasteiger partial charge < -0.3 is 20.4 Å². The van der Waals surface area contributed by atoms with Gasteiger partial charge in [0.25, 0.3) is 0 Å². The minimum absolute atomic E-state index is 0. The second-order valence-corrected chi connectivity index (χ2v) is 6.94. The maximum Gasteiger partial charge on any atom is 0.248 e. The molecule has 2 aliphatic heterocycles. The van der Waals surface area contributed by atoms with Gasteiger partial charge in [-0.05, 0) is 31.4 Å². The number of fused-ring (bicyclic) bond motifs is 1. The van der Waals surface area contributed by atoms with Gasteiger partial charge in [-0.3, -0.25) is 9.59 Å². The number of carbonyl (C=O) groups is 2. The third-order valence-electron chi connectivity index (χ3n) is 5.09. The fourth-order valence-electron chi connectivity index (χ4n) is 3.67. The normalized spacial score (nSPS) is 18.5. The maximum atomic E-state index is 12.6. The topological polar surface area (TPSA) is 77.0 Å². The molecule has 0 bridgehead atoms. The second-order valence-electron chi connectivity index (χ2n) is 6.94. The fourth-order valence-corrected chi connectivity index (χ4v) is 3.67. The van der Waals surface area contributed by atoms with Gasteiger partial charge in [0.05, 0.1) is 0 Å². The van der Waals surface area contributed by atoms with Crippen LogP contribution < -0.4 is 15.5 Å². The smallest absolute Gasteiger partial charge is 0.248 e. The van der Waals surface area contributed by atoms with Crippen LogP contribution in [-0.2, 0) is 16.0 Å². The van der Waals surface area contributed by atoms with Gasteiger partial charge in [0.1, 0.15) is 6.54 Å². The van der Waals surface area contributed by atoms with E-state index in [0.717, 1.165) is 31.6 Å². The Morgan fingerprint density at radius 1 is 1.18 bits per heavy atom. The molecule has 2 amide bonds. The van der Waals surface area contributed by atoms with Crippen molar-refractivity contribution in [3.8, 4) is 0 Å². The molecule has 1 aromatic rings. The first-order valence-electron chi connectivity index (χ1n) is 9.83. The van der Waals surface area contributed by atoms with Crippen molar-refractivity contribution in [2.75, 3.05) is 37.6 Å². The number of aliphatic imine (C=N–C) groups is 1. The third kappa shape index (κ3) is 5.36. The summed E-state index contributed by atoms with van der Waals surface area (Å²) in [6.07, 6.45) is 2.32. The van der Waals surface area contributed by atoms with Crippen LogP contribution in [0.1, 0.15) is 32.3 Å². The SMILES string of the molecule is CCNC(=NCC(=O)N1CCc2ccccc21)NC1CCN(C(=O)CC)C1.I. The Morgan fingerprint density at radius 2 is 1.96 bits per heavy atom. The standard InChI is InChI=1S/C20H29N5O2.HI/c1-3-18(26)24-11-10-16(14-24)23-20(21-4-2)22-13-19(27)25-12-9-15-7-5-6-8-17(15)25;/h5-8,16H,3-4,9-14H2,1-2H3,(H2,21,22,23);1H. The molecule has 0 saturated carbocycles. The summed E-state index contributed by atoms with van der Waals surface area (Å²) in [5.41, 5.74) is 2.21. The minimum Gasteiger partial charge on any atom is -0.357 e. The molecule has 7 nitrogen and oxygen atoms in total. The molecule has 1 saturated heterocycles. The van der Waals surface area contributed by atoms with Crippen molar-refractivity contribution in [1.29, 1.82) is 0 Å². The van der Waals surface area contributed by atoms with E-state index in [0.29, 0.717) is 25.5 Å². The lowest BCUT2D eigenvalue weighted by Gasteiger charge is -2.19. The van der Waals surface area contributed by atoms with Crippen LogP contribution in [0.4, 0.5) is 5.69 Å². The summed E-state index contributed by atoms with van der Waals surface area (Å²) in [6.45, 7) is 6.88. The summed E-state index contributed by atoms with van der Waals surface area (Å²) in [5, 5.41) is 6.56. The number of nitrogens with one attached hydrogen (secondary N) is 2. The summed E-state index contributed by atoms with van der Waals surface area (Å²) in [5.74, 6) is 0.824. The van der Waals surface area contributed by atoms with E-state index in [4.69, 9.17) is 0 Å². The molecule has 8 heteroatoms. The Kier molecular flexibility index (Phi) is 8.53. The summed E-state index contributed by atoms with van der Waals surface area (Å²) in [7, 11) is 0. The van der Waals surface area contributed by atoms with E-state index in [1.54, 1.807) is 0 Å². The molecule has 0 radical (unpaired) electrons. The lowest BCUT2D eigenvalue weighted by molar-refractivity contribution is -0.129. The zero-order valence-electron chi connectivity index (χ0n) is 16.6. The van der Waals surface area contributed by atoms with Crippen molar-refractivity contribution in [1.82, 2.24) is 15.5 Å². The monoisotopic (exact) mass is 499 g/mol. The van der Waals surface area contributed by atoms with Crippen LogP contribution in [0.5, 0.6) is 0 Å². The molecule has 2 heterocycles. The Hall–Kier alpha value is -1.84. The molecule has 1 fully saturated rings. The zero-order valence-corrected chi connectivity index (χ0v) is 18.9. The van der Waals surface area contributed by atoms with Crippen LogP contribution in [0, 0.1) is 0 Å². The Bertz CT molecular complexity index is 724. The van der Waals surface area contributed by atoms with Crippen molar-refractivity contribution < 1.29 is 9.59 Å². The Labute approximate surface area is 184 Å². The van der Waals surface area contributed by atoms with Gasteiger partial charge in [0.2, 0.25) is 11.8 Å². The first-order valence-corrected chi connectivity index (χ1v) is 9.83. The van der Waals surface area contributed by atoms with Crippen LogP contribution in [-0.4, -0.2) is 61.4 Å². The molecular weight excluding hydrogens is 469 g/mol. The minimum atomic E-state index is 0. The van der Waals surface area contributed by atoms with E-state index < -0.39 is 0 Å². The number of likely N-dealkylation sites (tertiary alicyclic amines) is 1. The highest BCUT2D eigenvalue weighted by atomic mass is 127. The number of guanidine groups is 1. The van der Waals surface area contributed by atoms with Gasteiger partial charge in [-0.1, -0.05) is 25.1 Å². The molecule has 154 valence electrons. The Morgan fingerprint density at radius 3 is 2.71 bits per heavy atom. The van der Waals surface area contributed by atoms with Crippen LogP contribution in [0.3, 0.4) is 0 Å². The van der Waals surface area contributed by atoms with E-state index in [1.807, 2.05) is 41.8 Å². The molecule has 1 aromatic carbocycles. The molecule has 1 atom stereocenters. The number of rotatable bonds is 5. The van der Waals surface area contributed by atoms with E-state index >= 15 is 0 Å².